The monoisotopic (exact) mass is 312 g/mol. The number of benzene rings is 1. The Labute approximate surface area is 133 Å². The first-order valence-electron chi connectivity index (χ1n) is 7.46. The Morgan fingerprint density at radius 2 is 1.78 bits per heavy atom. The van der Waals surface area contributed by atoms with Gasteiger partial charge in [-0.15, -0.1) is 6.58 Å². The molecule has 0 bridgehead atoms. The summed E-state index contributed by atoms with van der Waals surface area (Å²) in [7, 11) is 0. The van der Waals surface area contributed by atoms with Crippen LogP contribution in [-0.2, 0) is 22.4 Å². The smallest absolute Gasteiger partial charge is 0.292 e. The minimum absolute atomic E-state index is 0.0487. The van der Waals surface area contributed by atoms with Gasteiger partial charge in [-0.1, -0.05) is 18.2 Å². The number of carbonyl (C=O) groups is 4. The second-order valence-electron chi connectivity index (χ2n) is 5.64. The van der Waals surface area contributed by atoms with Crippen molar-refractivity contribution in [1.29, 1.82) is 0 Å². The minimum Gasteiger partial charge on any atom is -0.292 e. The molecule has 2 aliphatic rings. The summed E-state index contributed by atoms with van der Waals surface area (Å²) in [6, 6.07) is 4.67. The number of urea groups is 1. The normalized spacial score (nSPS) is 17.0. The lowest BCUT2D eigenvalue weighted by molar-refractivity contribution is -0.142. The van der Waals surface area contributed by atoms with Gasteiger partial charge in [0.1, 0.15) is 0 Å². The number of aryl methyl sites for hydroxylation is 2. The third kappa shape index (κ3) is 2.56. The number of hydrogen-bond acceptors (Lipinski definition) is 4. The van der Waals surface area contributed by atoms with Gasteiger partial charge in [0.05, 0.1) is 6.54 Å². The highest BCUT2D eigenvalue weighted by Gasteiger charge is 2.44. The Kier molecular flexibility index (Phi) is 3.82. The number of carbonyl (C=O) groups excluding carboxylic acids is 4. The molecular weight excluding hydrogens is 296 g/mol. The van der Waals surface area contributed by atoms with Gasteiger partial charge < -0.3 is 0 Å². The summed E-state index contributed by atoms with van der Waals surface area (Å²) >= 11 is 0. The maximum atomic E-state index is 12.4. The molecule has 0 saturated carbocycles. The van der Waals surface area contributed by atoms with Crippen LogP contribution < -0.4 is 0 Å². The molecular formula is C17H16N2O4. The van der Waals surface area contributed by atoms with Crippen molar-refractivity contribution in [3.05, 3.63) is 47.5 Å². The van der Waals surface area contributed by atoms with Crippen LogP contribution in [0.5, 0.6) is 0 Å². The van der Waals surface area contributed by atoms with Gasteiger partial charge >= 0.3 is 17.8 Å². The number of amides is 4. The fraction of sp³-hybridized carbons (Fsp3) is 0.294. The van der Waals surface area contributed by atoms with Crippen LogP contribution in [0.1, 0.15) is 27.9 Å². The fourth-order valence-electron chi connectivity index (χ4n) is 2.96. The second-order valence-corrected chi connectivity index (χ2v) is 5.64. The molecule has 0 radical (unpaired) electrons. The molecule has 0 aromatic heterocycles. The Morgan fingerprint density at radius 1 is 1.09 bits per heavy atom. The molecule has 1 aromatic rings. The van der Waals surface area contributed by atoms with Crippen molar-refractivity contribution in [3.8, 4) is 0 Å². The average Bonchev–Trinajstić information content (AvgIpc) is 3.09. The Hall–Kier alpha value is -2.76. The first-order valence-corrected chi connectivity index (χ1v) is 7.46. The van der Waals surface area contributed by atoms with Crippen LogP contribution in [0.3, 0.4) is 0 Å². The lowest BCUT2D eigenvalue weighted by Gasteiger charge is -2.13. The van der Waals surface area contributed by atoms with E-state index in [0.29, 0.717) is 10.5 Å². The predicted octanol–water partition coefficient (Wildman–Crippen LogP) is 1.33. The summed E-state index contributed by atoms with van der Waals surface area (Å²) in [5.74, 6) is -2.24. The Morgan fingerprint density at radius 3 is 2.52 bits per heavy atom. The van der Waals surface area contributed by atoms with Crippen molar-refractivity contribution >= 4 is 23.6 Å². The molecule has 1 heterocycles. The van der Waals surface area contributed by atoms with Gasteiger partial charge in [0.15, 0.2) is 5.78 Å². The van der Waals surface area contributed by atoms with Crippen LogP contribution in [0.2, 0.25) is 0 Å². The predicted molar refractivity (Wildman–Crippen MR) is 81.8 cm³/mol. The van der Waals surface area contributed by atoms with Gasteiger partial charge in [-0.25, -0.2) is 9.69 Å². The van der Waals surface area contributed by atoms with E-state index in [-0.39, 0.29) is 12.3 Å². The van der Waals surface area contributed by atoms with Crippen LogP contribution in [0.15, 0.2) is 30.9 Å². The second kappa shape index (κ2) is 5.79. The molecule has 1 aliphatic carbocycles. The lowest BCUT2D eigenvalue weighted by Crippen LogP contribution is -2.37. The van der Waals surface area contributed by atoms with E-state index in [4.69, 9.17) is 0 Å². The zero-order valence-corrected chi connectivity index (χ0v) is 12.6. The minimum atomic E-state index is -0.966. The average molecular weight is 312 g/mol. The molecule has 6 heteroatoms. The van der Waals surface area contributed by atoms with Crippen molar-refractivity contribution < 1.29 is 19.2 Å². The SMILES string of the molecule is C=CCN1C(=O)C(=O)N(CC(=O)c2ccc3c(c2)CCC3)C1=O. The molecule has 4 amide bonds. The molecule has 118 valence electrons. The Balaban J connectivity index is 1.77. The van der Waals surface area contributed by atoms with Crippen LogP contribution >= 0.6 is 0 Å². The zero-order chi connectivity index (χ0) is 16.6. The summed E-state index contributed by atoms with van der Waals surface area (Å²) in [5, 5.41) is 0. The molecule has 0 N–H and O–H groups in total. The molecule has 0 unspecified atom stereocenters. The van der Waals surface area contributed by atoms with Crippen LogP contribution in [-0.4, -0.2) is 46.5 Å². The van der Waals surface area contributed by atoms with E-state index in [9.17, 15) is 19.2 Å². The van der Waals surface area contributed by atoms with E-state index in [1.54, 1.807) is 6.07 Å². The van der Waals surface area contributed by atoms with Crippen molar-refractivity contribution in [2.24, 2.45) is 0 Å². The number of fused-ring (bicyclic) bond motifs is 1. The van der Waals surface area contributed by atoms with Gasteiger partial charge in [-0.2, -0.15) is 0 Å². The van der Waals surface area contributed by atoms with Crippen LogP contribution in [0.25, 0.3) is 0 Å². The zero-order valence-electron chi connectivity index (χ0n) is 12.6. The summed E-state index contributed by atoms with van der Waals surface area (Å²) in [6.07, 6.45) is 4.37. The van der Waals surface area contributed by atoms with Gasteiger partial charge in [0, 0.05) is 12.1 Å². The maximum absolute atomic E-state index is 12.4. The van der Waals surface area contributed by atoms with E-state index in [2.05, 4.69) is 6.58 Å². The van der Waals surface area contributed by atoms with Gasteiger partial charge in [0.2, 0.25) is 0 Å². The molecule has 6 nitrogen and oxygen atoms in total. The molecule has 3 rings (SSSR count). The van der Waals surface area contributed by atoms with E-state index >= 15 is 0 Å². The van der Waals surface area contributed by atoms with Gasteiger partial charge in [-0.05, 0) is 36.5 Å². The molecule has 0 atom stereocenters. The number of nitrogens with zero attached hydrogens (tertiary/aromatic N) is 2. The molecule has 23 heavy (non-hydrogen) atoms. The highest BCUT2D eigenvalue weighted by Crippen LogP contribution is 2.23. The van der Waals surface area contributed by atoms with Gasteiger partial charge in [-0.3, -0.25) is 19.3 Å². The Bertz CT molecular complexity index is 738. The maximum Gasteiger partial charge on any atom is 0.334 e. The summed E-state index contributed by atoms with van der Waals surface area (Å²) in [6.45, 7) is 2.97. The largest absolute Gasteiger partial charge is 0.334 e. The summed E-state index contributed by atoms with van der Waals surface area (Å²) in [4.78, 5) is 49.6. The first kappa shape index (κ1) is 15.1. The van der Waals surface area contributed by atoms with Crippen molar-refractivity contribution in [1.82, 2.24) is 9.80 Å². The number of imide groups is 2. The number of rotatable bonds is 5. The van der Waals surface area contributed by atoms with E-state index in [0.717, 1.165) is 29.7 Å². The third-order valence-corrected chi connectivity index (χ3v) is 4.17. The molecule has 1 aliphatic heterocycles. The van der Waals surface area contributed by atoms with E-state index in [1.165, 1.54) is 11.6 Å². The van der Waals surface area contributed by atoms with Crippen LogP contribution in [0.4, 0.5) is 4.79 Å². The van der Waals surface area contributed by atoms with Crippen molar-refractivity contribution in [3.63, 3.8) is 0 Å². The third-order valence-electron chi connectivity index (χ3n) is 4.17. The highest BCUT2D eigenvalue weighted by atomic mass is 16.2. The number of hydrogen-bond donors (Lipinski definition) is 0. The fourth-order valence-corrected chi connectivity index (χ4v) is 2.96. The standard InChI is InChI=1S/C17H16N2O4/c1-2-8-18-15(21)16(22)19(17(18)23)10-14(20)13-7-6-11-4-3-5-12(11)9-13/h2,6-7,9H,1,3-5,8,10H2. The lowest BCUT2D eigenvalue weighted by atomic mass is 10.0. The quantitative estimate of drug-likeness (QED) is 0.356. The molecule has 1 fully saturated rings. The van der Waals surface area contributed by atoms with E-state index in [1.807, 2.05) is 12.1 Å². The molecule has 0 spiro atoms. The van der Waals surface area contributed by atoms with E-state index < -0.39 is 24.4 Å². The first-order chi connectivity index (χ1) is 11.0. The number of Topliss-reactive ketones (excluding diaryl/α,β-unsaturated/α-hetero) is 1. The highest BCUT2D eigenvalue weighted by molar-refractivity contribution is 6.45. The topological polar surface area (TPSA) is 74.8 Å². The van der Waals surface area contributed by atoms with Gasteiger partial charge in [0.25, 0.3) is 0 Å². The molecule has 1 aromatic carbocycles. The number of ketones is 1. The molecule has 1 saturated heterocycles. The summed E-state index contributed by atoms with van der Waals surface area (Å²) < 4.78 is 0. The summed E-state index contributed by atoms with van der Waals surface area (Å²) in [5.41, 5.74) is 2.84. The van der Waals surface area contributed by atoms with Crippen molar-refractivity contribution in [2.45, 2.75) is 19.3 Å². The van der Waals surface area contributed by atoms with Crippen molar-refractivity contribution in [2.75, 3.05) is 13.1 Å². The van der Waals surface area contributed by atoms with Crippen LogP contribution in [0, 0.1) is 0 Å².